The molecule has 5 nitrogen and oxygen atoms in total. The van der Waals surface area contributed by atoms with Gasteiger partial charge in [-0.1, -0.05) is 6.07 Å². The van der Waals surface area contributed by atoms with E-state index >= 15 is 0 Å². The van der Waals surface area contributed by atoms with Crippen LogP contribution in [0, 0.1) is 0 Å². The zero-order valence-electron chi connectivity index (χ0n) is 10.8. The second-order valence-corrected chi connectivity index (χ2v) is 4.68. The molecule has 0 N–H and O–H groups in total. The molecule has 1 aliphatic heterocycles. The third-order valence-electron chi connectivity index (χ3n) is 3.45. The lowest BCUT2D eigenvalue weighted by atomic mass is 10.1. The number of rotatable bonds is 2. The number of fused-ring (bicyclic) bond motifs is 1. The molecular formula is C14H16N2O3. The van der Waals surface area contributed by atoms with Gasteiger partial charge in [0.05, 0.1) is 24.4 Å². The van der Waals surface area contributed by atoms with E-state index in [1.807, 2.05) is 16.8 Å². The molecule has 0 amide bonds. The summed E-state index contributed by atoms with van der Waals surface area (Å²) in [5.74, 6) is -0.334. The summed E-state index contributed by atoms with van der Waals surface area (Å²) >= 11 is 0. The fraction of sp³-hybridized carbons (Fsp3) is 0.429. The van der Waals surface area contributed by atoms with Crippen LogP contribution < -0.4 is 0 Å². The molecule has 0 bridgehead atoms. The van der Waals surface area contributed by atoms with Crippen molar-refractivity contribution in [2.45, 2.75) is 25.5 Å². The first-order chi connectivity index (χ1) is 9.29. The van der Waals surface area contributed by atoms with Gasteiger partial charge in [-0.2, -0.15) is 5.10 Å². The molecule has 0 saturated carbocycles. The number of hydrogen-bond donors (Lipinski definition) is 0. The SMILES string of the molecule is COC(=O)c1ccc2cnn(C3CCCCO3)c2c1. The molecule has 0 aliphatic carbocycles. The Morgan fingerprint density at radius 2 is 2.37 bits per heavy atom. The van der Waals surface area contributed by atoms with Gasteiger partial charge in [0.2, 0.25) is 0 Å². The number of methoxy groups -OCH3 is 1. The van der Waals surface area contributed by atoms with E-state index in [1.165, 1.54) is 7.11 Å². The number of esters is 1. The molecule has 1 aromatic heterocycles. The number of ether oxygens (including phenoxy) is 2. The van der Waals surface area contributed by atoms with Crippen molar-refractivity contribution < 1.29 is 14.3 Å². The van der Waals surface area contributed by atoms with E-state index in [0.29, 0.717) is 5.56 Å². The molecule has 3 rings (SSSR count). The van der Waals surface area contributed by atoms with Gasteiger partial charge in [-0.25, -0.2) is 9.48 Å². The predicted octanol–water partition coefficient (Wildman–Crippen LogP) is 2.52. The van der Waals surface area contributed by atoms with Crippen molar-refractivity contribution in [2.24, 2.45) is 0 Å². The summed E-state index contributed by atoms with van der Waals surface area (Å²) in [4.78, 5) is 11.6. The molecule has 19 heavy (non-hydrogen) atoms. The van der Waals surface area contributed by atoms with Gasteiger partial charge in [-0.3, -0.25) is 0 Å². The van der Waals surface area contributed by atoms with Crippen LogP contribution in [0.2, 0.25) is 0 Å². The highest BCUT2D eigenvalue weighted by Crippen LogP contribution is 2.26. The largest absolute Gasteiger partial charge is 0.465 e. The van der Waals surface area contributed by atoms with Crippen LogP contribution in [-0.4, -0.2) is 29.5 Å². The maximum absolute atomic E-state index is 11.6. The van der Waals surface area contributed by atoms with Crippen molar-refractivity contribution >= 4 is 16.9 Å². The first kappa shape index (κ1) is 12.2. The summed E-state index contributed by atoms with van der Waals surface area (Å²) in [5.41, 5.74) is 1.45. The standard InChI is InChI=1S/C14H16N2O3/c1-18-14(17)10-5-6-11-9-15-16(12(11)8-10)13-4-2-3-7-19-13/h5-6,8-9,13H,2-4,7H2,1H3. The molecule has 5 heteroatoms. The average Bonchev–Trinajstić information content (AvgIpc) is 2.90. The minimum Gasteiger partial charge on any atom is -0.465 e. The monoisotopic (exact) mass is 260 g/mol. The molecule has 0 radical (unpaired) electrons. The van der Waals surface area contributed by atoms with Gasteiger partial charge in [-0.05, 0) is 31.4 Å². The molecule has 0 spiro atoms. The summed E-state index contributed by atoms with van der Waals surface area (Å²) in [5, 5.41) is 5.39. The third kappa shape index (κ3) is 2.21. The summed E-state index contributed by atoms with van der Waals surface area (Å²) in [6.07, 6.45) is 4.97. The van der Waals surface area contributed by atoms with Gasteiger partial charge in [0.25, 0.3) is 0 Å². The number of carbonyl (C=O) groups excluding carboxylic acids is 1. The minimum absolute atomic E-state index is 0.0286. The van der Waals surface area contributed by atoms with Crippen molar-refractivity contribution in [1.29, 1.82) is 0 Å². The molecule has 1 fully saturated rings. The second kappa shape index (κ2) is 5.01. The molecule has 1 unspecified atom stereocenters. The lowest BCUT2D eigenvalue weighted by Crippen LogP contribution is -2.19. The van der Waals surface area contributed by atoms with Gasteiger partial charge < -0.3 is 9.47 Å². The zero-order chi connectivity index (χ0) is 13.2. The molecule has 1 saturated heterocycles. The van der Waals surface area contributed by atoms with E-state index in [1.54, 1.807) is 12.3 Å². The minimum atomic E-state index is -0.334. The number of hydrogen-bond acceptors (Lipinski definition) is 4. The maximum atomic E-state index is 11.6. The average molecular weight is 260 g/mol. The Labute approximate surface area is 111 Å². The van der Waals surface area contributed by atoms with E-state index in [-0.39, 0.29) is 12.2 Å². The summed E-state index contributed by atoms with van der Waals surface area (Å²) in [6.45, 7) is 0.767. The van der Waals surface area contributed by atoms with Crippen molar-refractivity contribution in [2.75, 3.05) is 13.7 Å². The van der Waals surface area contributed by atoms with Crippen LogP contribution in [0.1, 0.15) is 35.8 Å². The fourth-order valence-corrected chi connectivity index (χ4v) is 2.43. The smallest absolute Gasteiger partial charge is 0.337 e. The highest BCUT2D eigenvalue weighted by molar-refractivity contribution is 5.94. The number of carbonyl (C=O) groups is 1. The van der Waals surface area contributed by atoms with Crippen LogP contribution in [0.4, 0.5) is 0 Å². The molecule has 1 aliphatic rings. The molecule has 2 heterocycles. The van der Waals surface area contributed by atoms with Gasteiger partial charge in [0.15, 0.2) is 6.23 Å². The van der Waals surface area contributed by atoms with E-state index < -0.39 is 0 Å². The number of benzene rings is 1. The molecule has 100 valence electrons. The van der Waals surface area contributed by atoms with E-state index in [0.717, 1.165) is 36.8 Å². The zero-order valence-corrected chi connectivity index (χ0v) is 10.8. The van der Waals surface area contributed by atoms with Crippen molar-refractivity contribution in [3.05, 3.63) is 30.0 Å². The van der Waals surface area contributed by atoms with Crippen LogP contribution in [0.25, 0.3) is 10.9 Å². The lowest BCUT2D eigenvalue weighted by molar-refractivity contribution is -0.0366. The van der Waals surface area contributed by atoms with Crippen LogP contribution in [-0.2, 0) is 9.47 Å². The van der Waals surface area contributed by atoms with E-state index in [4.69, 9.17) is 9.47 Å². The lowest BCUT2D eigenvalue weighted by Gasteiger charge is -2.23. The number of aromatic nitrogens is 2. The highest BCUT2D eigenvalue weighted by Gasteiger charge is 2.19. The van der Waals surface area contributed by atoms with Gasteiger partial charge in [0.1, 0.15) is 0 Å². The maximum Gasteiger partial charge on any atom is 0.337 e. The summed E-state index contributed by atoms with van der Waals surface area (Å²) in [6, 6.07) is 5.45. The third-order valence-corrected chi connectivity index (χ3v) is 3.45. The van der Waals surface area contributed by atoms with Crippen molar-refractivity contribution in [3.63, 3.8) is 0 Å². The number of nitrogens with zero attached hydrogens (tertiary/aromatic N) is 2. The van der Waals surface area contributed by atoms with Gasteiger partial charge in [0, 0.05) is 12.0 Å². The van der Waals surface area contributed by atoms with E-state index in [9.17, 15) is 4.79 Å². The Morgan fingerprint density at radius 3 is 3.11 bits per heavy atom. The van der Waals surface area contributed by atoms with Crippen LogP contribution in [0.15, 0.2) is 24.4 Å². The molecule has 1 atom stereocenters. The quantitative estimate of drug-likeness (QED) is 0.778. The fourth-order valence-electron chi connectivity index (χ4n) is 2.43. The Bertz CT molecular complexity index is 600. The molecular weight excluding hydrogens is 244 g/mol. The Morgan fingerprint density at radius 1 is 1.47 bits per heavy atom. The van der Waals surface area contributed by atoms with Crippen LogP contribution in [0.3, 0.4) is 0 Å². The van der Waals surface area contributed by atoms with Gasteiger partial charge >= 0.3 is 5.97 Å². The van der Waals surface area contributed by atoms with Crippen LogP contribution >= 0.6 is 0 Å². The first-order valence-corrected chi connectivity index (χ1v) is 6.47. The Kier molecular flexibility index (Phi) is 3.21. The molecule has 1 aromatic carbocycles. The van der Waals surface area contributed by atoms with Gasteiger partial charge in [-0.15, -0.1) is 0 Å². The second-order valence-electron chi connectivity index (χ2n) is 4.68. The van der Waals surface area contributed by atoms with Crippen molar-refractivity contribution in [1.82, 2.24) is 9.78 Å². The normalized spacial score (nSPS) is 19.5. The topological polar surface area (TPSA) is 53.3 Å². The Balaban J connectivity index is 2.02. The Hall–Kier alpha value is -1.88. The highest BCUT2D eigenvalue weighted by atomic mass is 16.5. The predicted molar refractivity (Wildman–Crippen MR) is 69.9 cm³/mol. The van der Waals surface area contributed by atoms with E-state index in [2.05, 4.69) is 5.10 Å². The summed E-state index contributed by atoms with van der Waals surface area (Å²) in [7, 11) is 1.38. The molecule has 2 aromatic rings. The van der Waals surface area contributed by atoms with Crippen LogP contribution in [0.5, 0.6) is 0 Å². The first-order valence-electron chi connectivity index (χ1n) is 6.47. The van der Waals surface area contributed by atoms with Crippen molar-refractivity contribution in [3.8, 4) is 0 Å². The summed E-state index contributed by atoms with van der Waals surface area (Å²) < 4.78 is 12.4.